The Kier molecular flexibility index (Phi) is 7.16. The fraction of sp³-hybridized carbons (Fsp3) is 0.375. The number of carbonyl (C=O) groups excluding carboxylic acids is 3. The van der Waals surface area contributed by atoms with Crippen LogP contribution >= 0.6 is 11.8 Å². The number of amides is 3. The summed E-state index contributed by atoms with van der Waals surface area (Å²) >= 11 is 1.19. The number of halogens is 3. The third kappa shape index (κ3) is 5.38. The predicted octanol–water partition coefficient (Wildman–Crippen LogP) is 4.55. The maximum atomic E-state index is 13.4. The third-order valence-corrected chi connectivity index (χ3v) is 7.07. The zero-order valence-electron chi connectivity index (χ0n) is 18.3. The van der Waals surface area contributed by atoms with Gasteiger partial charge in [-0.3, -0.25) is 14.4 Å². The average Bonchev–Trinajstić information content (AvgIpc) is 3.10. The number of nitrogens with zero attached hydrogens (tertiary/aromatic N) is 2. The molecule has 3 amide bonds. The van der Waals surface area contributed by atoms with Crippen molar-refractivity contribution in [3.05, 3.63) is 54.1 Å². The van der Waals surface area contributed by atoms with Crippen LogP contribution in [0.3, 0.4) is 0 Å². The van der Waals surface area contributed by atoms with Gasteiger partial charge in [0, 0.05) is 23.7 Å². The van der Waals surface area contributed by atoms with Crippen molar-refractivity contribution in [1.29, 1.82) is 0 Å². The normalized spacial score (nSPS) is 18.8. The largest absolute Gasteiger partial charge is 0.416 e. The molecule has 0 unspecified atom stereocenters. The Balaban J connectivity index is 1.51. The lowest BCUT2D eigenvalue weighted by molar-refractivity contribution is -0.137. The minimum Gasteiger partial charge on any atom is -0.341 e. The Morgan fingerprint density at radius 3 is 2.26 bits per heavy atom. The molecule has 6 nitrogen and oxygen atoms in total. The molecular weight excluding hydrogens is 467 g/mol. The van der Waals surface area contributed by atoms with Crippen molar-refractivity contribution in [3.63, 3.8) is 0 Å². The van der Waals surface area contributed by atoms with Crippen molar-refractivity contribution in [1.82, 2.24) is 4.90 Å². The number of likely N-dealkylation sites (tertiary alicyclic amines) is 1. The van der Waals surface area contributed by atoms with Gasteiger partial charge in [-0.15, -0.1) is 11.8 Å². The highest BCUT2D eigenvalue weighted by atomic mass is 32.2. The van der Waals surface area contributed by atoms with Crippen LogP contribution in [-0.4, -0.2) is 47.5 Å². The molecule has 2 heterocycles. The summed E-state index contributed by atoms with van der Waals surface area (Å²) in [5, 5.41) is 1.55. The van der Waals surface area contributed by atoms with Crippen LogP contribution in [0.15, 0.2) is 53.4 Å². The summed E-state index contributed by atoms with van der Waals surface area (Å²) in [6.07, 6.45) is -0.581. The lowest BCUT2D eigenvalue weighted by Gasteiger charge is -2.34. The van der Waals surface area contributed by atoms with E-state index in [0.717, 1.165) is 54.8 Å². The number of rotatable bonds is 4. The topological polar surface area (TPSA) is 69.7 Å². The number of fused-ring (bicyclic) bond motifs is 1. The summed E-state index contributed by atoms with van der Waals surface area (Å²) < 4.78 is 38.3. The van der Waals surface area contributed by atoms with E-state index in [2.05, 4.69) is 5.32 Å². The summed E-state index contributed by atoms with van der Waals surface area (Å²) in [6.45, 7) is 0.861. The van der Waals surface area contributed by atoms with Gasteiger partial charge in [0.1, 0.15) is 6.54 Å². The summed E-state index contributed by atoms with van der Waals surface area (Å²) in [5.74, 6) is -1.30. The zero-order chi connectivity index (χ0) is 24.3. The van der Waals surface area contributed by atoms with Gasteiger partial charge in [-0.1, -0.05) is 25.0 Å². The second-order valence-corrected chi connectivity index (χ2v) is 9.40. The van der Waals surface area contributed by atoms with Crippen molar-refractivity contribution in [2.75, 3.05) is 29.9 Å². The van der Waals surface area contributed by atoms with E-state index in [1.54, 1.807) is 29.2 Å². The molecule has 0 spiro atoms. The minimum absolute atomic E-state index is 0.183. The van der Waals surface area contributed by atoms with Gasteiger partial charge >= 0.3 is 6.18 Å². The first kappa shape index (κ1) is 24.1. The first-order valence-electron chi connectivity index (χ1n) is 11.1. The van der Waals surface area contributed by atoms with Crippen molar-refractivity contribution in [2.24, 2.45) is 0 Å². The van der Waals surface area contributed by atoms with Crippen LogP contribution in [0.2, 0.25) is 0 Å². The Morgan fingerprint density at radius 2 is 1.62 bits per heavy atom. The second-order valence-electron chi connectivity index (χ2n) is 8.25. The number of benzene rings is 2. The fourth-order valence-corrected chi connectivity index (χ4v) is 5.27. The molecule has 0 bridgehead atoms. The first-order valence-corrected chi connectivity index (χ1v) is 11.9. The highest BCUT2D eigenvalue weighted by Gasteiger charge is 2.40. The van der Waals surface area contributed by atoms with Crippen LogP contribution in [0, 0.1) is 0 Å². The summed E-state index contributed by atoms with van der Waals surface area (Å²) in [6, 6.07) is 11.1. The fourth-order valence-electron chi connectivity index (χ4n) is 4.08. The number of hydrogen-bond donors (Lipinski definition) is 1. The summed E-state index contributed by atoms with van der Waals surface area (Å²) in [7, 11) is 0. The van der Waals surface area contributed by atoms with E-state index in [9.17, 15) is 27.6 Å². The average molecular weight is 492 g/mol. The number of thioether (sulfide) groups is 1. The first-order chi connectivity index (χ1) is 16.2. The summed E-state index contributed by atoms with van der Waals surface area (Å²) in [5.41, 5.74) is -0.111. The van der Waals surface area contributed by atoms with Crippen LogP contribution in [0.1, 0.15) is 31.2 Å². The number of para-hydroxylation sites is 1. The Morgan fingerprint density at radius 1 is 0.971 bits per heavy atom. The van der Waals surface area contributed by atoms with Gasteiger partial charge in [0.25, 0.3) is 5.91 Å². The summed E-state index contributed by atoms with van der Waals surface area (Å²) in [4.78, 5) is 43.0. The van der Waals surface area contributed by atoms with Crippen molar-refractivity contribution < 1.29 is 27.6 Å². The second kappa shape index (κ2) is 10.1. The lowest BCUT2D eigenvalue weighted by Crippen LogP contribution is -2.51. The molecule has 2 aliphatic heterocycles. The molecule has 2 aromatic rings. The standard InChI is InChI=1S/C24H24F3N3O3S/c25-24(26,27)16-9-11-17(12-10-16)28-20(31)15-30-18-7-3-4-8-19(18)34-21(23(30)33)22(32)29-13-5-1-2-6-14-29/h3-4,7-12,21H,1-2,5-6,13-15H2,(H,28,31)/t21-/m0/s1. The molecule has 1 atom stereocenters. The van der Waals surface area contributed by atoms with Gasteiger partial charge in [-0.25, -0.2) is 0 Å². The molecule has 0 aromatic heterocycles. The molecular formula is C24H24F3N3O3S. The molecule has 2 aliphatic rings. The van der Waals surface area contributed by atoms with E-state index in [-0.39, 0.29) is 18.1 Å². The van der Waals surface area contributed by atoms with Crippen molar-refractivity contribution >= 4 is 40.9 Å². The van der Waals surface area contributed by atoms with Gasteiger partial charge in [-0.2, -0.15) is 13.2 Å². The number of nitrogens with one attached hydrogen (secondary N) is 1. The highest BCUT2D eigenvalue weighted by Crippen LogP contribution is 2.40. The van der Waals surface area contributed by atoms with Crippen molar-refractivity contribution in [3.8, 4) is 0 Å². The predicted molar refractivity (Wildman–Crippen MR) is 124 cm³/mol. The molecule has 34 heavy (non-hydrogen) atoms. The molecule has 0 radical (unpaired) electrons. The number of carbonyl (C=O) groups is 3. The monoisotopic (exact) mass is 491 g/mol. The molecule has 2 aromatic carbocycles. The van der Waals surface area contributed by atoms with E-state index in [1.807, 2.05) is 0 Å². The molecule has 0 aliphatic carbocycles. The number of anilines is 2. The van der Waals surface area contributed by atoms with Crippen LogP contribution in [0.4, 0.5) is 24.5 Å². The SMILES string of the molecule is O=C(CN1C(=O)[C@H](C(=O)N2CCCCCC2)Sc2ccccc21)Nc1ccc(C(F)(F)F)cc1. The zero-order valence-corrected chi connectivity index (χ0v) is 19.1. The quantitative estimate of drug-likeness (QED) is 0.637. The smallest absolute Gasteiger partial charge is 0.341 e. The van der Waals surface area contributed by atoms with Crippen LogP contribution in [-0.2, 0) is 20.6 Å². The molecule has 10 heteroatoms. The van der Waals surface area contributed by atoms with Gasteiger partial charge < -0.3 is 15.1 Å². The van der Waals surface area contributed by atoms with Gasteiger partial charge in [0.05, 0.1) is 11.3 Å². The van der Waals surface area contributed by atoms with Crippen LogP contribution < -0.4 is 10.2 Å². The highest BCUT2D eigenvalue weighted by molar-refractivity contribution is 8.01. The molecule has 1 N–H and O–H groups in total. The lowest BCUT2D eigenvalue weighted by atomic mass is 10.2. The maximum absolute atomic E-state index is 13.4. The third-order valence-electron chi connectivity index (χ3n) is 5.83. The minimum atomic E-state index is -4.47. The van der Waals surface area contributed by atoms with Crippen LogP contribution in [0.25, 0.3) is 0 Å². The van der Waals surface area contributed by atoms with E-state index < -0.39 is 28.8 Å². The van der Waals surface area contributed by atoms with E-state index in [4.69, 9.17) is 0 Å². The Labute approximate surface area is 199 Å². The number of alkyl halides is 3. The maximum Gasteiger partial charge on any atom is 0.416 e. The van der Waals surface area contributed by atoms with Crippen LogP contribution in [0.5, 0.6) is 0 Å². The Hall–Kier alpha value is -3.01. The molecule has 0 saturated carbocycles. The van der Waals surface area contributed by atoms with E-state index in [1.165, 1.54) is 16.7 Å². The van der Waals surface area contributed by atoms with Gasteiger partial charge in [0.2, 0.25) is 11.8 Å². The Bertz CT molecular complexity index is 1070. The molecule has 1 saturated heterocycles. The van der Waals surface area contributed by atoms with Crippen molar-refractivity contribution in [2.45, 2.75) is 42.0 Å². The van der Waals surface area contributed by atoms with Gasteiger partial charge in [0.15, 0.2) is 5.25 Å². The van der Waals surface area contributed by atoms with E-state index in [0.29, 0.717) is 18.8 Å². The molecule has 180 valence electrons. The van der Waals surface area contributed by atoms with Gasteiger partial charge in [-0.05, 0) is 49.2 Å². The van der Waals surface area contributed by atoms with E-state index >= 15 is 0 Å². The molecule has 4 rings (SSSR count). The molecule has 1 fully saturated rings. The number of hydrogen-bond acceptors (Lipinski definition) is 4.